The fourth-order valence-corrected chi connectivity index (χ4v) is 4.39. The zero-order valence-electron chi connectivity index (χ0n) is 15.8. The summed E-state index contributed by atoms with van der Waals surface area (Å²) < 4.78 is 12.1. The van der Waals surface area contributed by atoms with Gasteiger partial charge in [-0.15, -0.1) is 0 Å². The Labute approximate surface area is 164 Å². The number of aromatic nitrogens is 2. The molecule has 1 saturated heterocycles. The monoisotopic (exact) mass is 380 g/mol. The molecule has 7 nitrogen and oxygen atoms in total. The molecule has 1 aliphatic carbocycles. The third kappa shape index (κ3) is 3.25. The van der Waals surface area contributed by atoms with Crippen molar-refractivity contribution in [3.8, 4) is 11.5 Å². The van der Waals surface area contributed by atoms with Crippen LogP contribution in [0.5, 0.6) is 11.5 Å². The van der Waals surface area contributed by atoms with Crippen LogP contribution in [0.2, 0.25) is 0 Å². The lowest BCUT2D eigenvalue weighted by Crippen LogP contribution is -2.41. The molecule has 5 rings (SSSR count). The smallest absolute Gasteiger partial charge is 0.251 e. The minimum atomic E-state index is -0.481. The second-order valence-electron chi connectivity index (χ2n) is 7.82. The zero-order valence-corrected chi connectivity index (χ0v) is 15.8. The number of fused-ring (bicyclic) bond motifs is 1. The number of ether oxygens (including phenoxy) is 2. The highest BCUT2D eigenvalue weighted by Gasteiger charge is 2.44. The summed E-state index contributed by atoms with van der Waals surface area (Å²) in [5, 5.41) is 3.06. The van der Waals surface area contributed by atoms with Gasteiger partial charge in [-0.05, 0) is 37.8 Å². The van der Waals surface area contributed by atoms with Gasteiger partial charge < -0.3 is 19.7 Å². The summed E-state index contributed by atoms with van der Waals surface area (Å²) in [7, 11) is 0. The molecule has 7 heteroatoms. The molecule has 0 bridgehead atoms. The normalized spacial score (nSPS) is 22.4. The average Bonchev–Trinajstić information content (AvgIpc) is 3.34. The standard InChI is InChI=1S/C21H24N4O3/c26-20(15-4-3-11-25(14-15)19-13-22-9-10-23-19)24-16-5-6-17-18(12-16)28-21(27-17)7-1-2-8-21/h5-6,9-10,12-13,15H,1-4,7-8,11,14H2,(H,24,26)/t15-/m0/s1. The van der Waals surface area contributed by atoms with E-state index in [-0.39, 0.29) is 11.8 Å². The first kappa shape index (κ1) is 17.3. The van der Waals surface area contributed by atoms with Gasteiger partial charge in [0.1, 0.15) is 5.82 Å². The van der Waals surface area contributed by atoms with E-state index in [2.05, 4.69) is 20.2 Å². The third-order valence-corrected chi connectivity index (χ3v) is 5.83. The number of rotatable bonds is 3. The summed E-state index contributed by atoms with van der Waals surface area (Å²) in [5.41, 5.74) is 0.749. The molecule has 3 heterocycles. The van der Waals surface area contributed by atoms with Gasteiger partial charge in [0.25, 0.3) is 5.79 Å². The Morgan fingerprint density at radius 3 is 2.82 bits per heavy atom. The highest BCUT2D eigenvalue weighted by atomic mass is 16.7. The molecule has 2 aliphatic heterocycles. The highest BCUT2D eigenvalue weighted by Crippen LogP contribution is 2.47. The van der Waals surface area contributed by atoms with Crippen LogP contribution < -0.4 is 19.7 Å². The Kier molecular flexibility index (Phi) is 4.30. The van der Waals surface area contributed by atoms with Crippen LogP contribution in [0.3, 0.4) is 0 Å². The van der Waals surface area contributed by atoms with Crippen molar-refractivity contribution < 1.29 is 14.3 Å². The molecule has 2 fully saturated rings. The van der Waals surface area contributed by atoms with Crippen molar-refractivity contribution in [1.29, 1.82) is 0 Å². The summed E-state index contributed by atoms with van der Waals surface area (Å²) in [6.45, 7) is 1.55. The van der Waals surface area contributed by atoms with E-state index in [1.165, 1.54) is 0 Å². The van der Waals surface area contributed by atoms with Crippen molar-refractivity contribution in [3.63, 3.8) is 0 Å². The van der Waals surface area contributed by atoms with Gasteiger partial charge in [-0.3, -0.25) is 9.78 Å². The van der Waals surface area contributed by atoms with Crippen LogP contribution in [-0.2, 0) is 4.79 Å². The lowest BCUT2D eigenvalue weighted by molar-refractivity contribution is -0.120. The number of carbonyl (C=O) groups is 1. The fraction of sp³-hybridized carbons (Fsp3) is 0.476. The summed E-state index contributed by atoms with van der Waals surface area (Å²) >= 11 is 0. The quantitative estimate of drug-likeness (QED) is 0.880. The fourth-order valence-electron chi connectivity index (χ4n) is 4.39. The van der Waals surface area contributed by atoms with E-state index in [4.69, 9.17) is 9.47 Å². The van der Waals surface area contributed by atoms with Crippen molar-refractivity contribution >= 4 is 17.4 Å². The molecule has 1 N–H and O–H groups in total. The largest absolute Gasteiger partial charge is 0.448 e. The van der Waals surface area contributed by atoms with E-state index in [1.54, 1.807) is 18.6 Å². The third-order valence-electron chi connectivity index (χ3n) is 5.83. The lowest BCUT2D eigenvalue weighted by atomic mass is 9.97. The summed E-state index contributed by atoms with van der Waals surface area (Å²) in [4.78, 5) is 23.5. The van der Waals surface area contributed by atoms with Gasteiger partial charge in [0, 0.05) is 50.1 Å². The lowest BCUT2D eigenvalue weighted by Gasteiger charge is -2.32. The van der Waals surface area contributed by atoms with Crippen LogP contribution in [-0.4, -0.2) is 34.8 Å². The van der Waals surface area contributed by atoms with Crippen molar-refractivity contribution in [1.82, 2.24) is 9.97 Å². The van der Waals surface area contributed by atoms with Crippen LogP contribution in [0.4, 0.5) is 11.5 Å². The minimum Gasteiger partial charge on any atom is -0.448 e. The molecule has 1 spiro atoms. The van der Waals surface area contributed by atoms with E-state index < -0.39 is 5.79 Å². The van der Waals surface area contributed by atoms with Crippen LogP contribution in [0, 0.1) is 5.92 Å². The molecule has 0 radical (unpaired) electrons. The topological polar surface area (TPSA) is 76.6 Å². The molecule has 1 aromatic heterocycles. The van der Waals surface area contributed by atoms with Crippen molar-refractivity contribution in [3.05, 3.63) is 36.8 Å². The van der Waals surface area contributed by atoms with E-state index >= 15 is 0 Å². The van der Waals surface area contributed by atoms with Gasteiger partial charge in [-0.2, -0.15) is 0 Å². The highest BCUT2D eigenvalue weighted by molar-refractivity contribution is 5.93. The number of hydrogen-bond acceptors (Lipinski definition) is 6. The first-order chi connectivity index (χ1) is 13.7. The first-order valence-electron chi connectivity index (χ1n) is 10.0. The molecule has 1 aromatic carbocycles. The molecule has 146 valence electrons. The predicted molar refractivity (Wildman–Crippen MR) is 104 cm³/mol. The molecular weight excluding hydrogens is 356 g/mol. The van der Waals surface area contributed by atoms with Crippen LogP contribution >= 0.6 is 0 Å². The van der Waals surface area contributed by atoms with Gasteiger partial charge in [0.15, 0.2) is 11.5 Å². The van der Waals surface area contributed by atoms with Crippen LogP contribution in [0.15, 0.2) is 36.8 Å². The molecule has 3 aliphatic rings. The second-order valence-corrected chi connectivity index (χ2v) is 7.82. The van der Waals surface area contributed by atoms with Crippen molar-refractivity contribution in [2.24, 2.45) is 5.92 Å². The zero-order chi connectivity index (χ0) is 19.0. The second kappa shape index (κ2) is 6.96. The number of benzene rings is 1. The number of nitrogens with zero attached hydrogens (tertiary/aromatic N) is 3. The van der Waals surface area contributed by atoms with Gasteiger partial charge in [0.05, 0.1) is 12.1 Å². The Balaban J connectivity index is 1.25. The number of amides is 1. The number of nitrogens with one attached hydrogen (secondary N) is 1. The summed E-state index contributed by atoms with van der Waals surface area (Å²) in [6, 6.07) is 5.66. The summed E-state index contributed by atoms with van der Waals surface area (Å²) in [6.07, 6.45) is 11.0. The Morgan fingerprint density at radius 1 is 1.14 bits per heavy atom. The van der Waals surface area contributed by atoms with Gasteiger partial charge in [-0.1, -0.05) is 0 Å². The molecule has 0 unspecified atom stereocenters. The maximum atomic E-state index is 12.8. The maximum absolute atomic E-state index is 12.8. The molecule has 2 aromatic rings. The number of carbonyl (C=O) groups excluding carboxylic acids is 1. The molecule has 28 heavy (non-hydrogen) atoms. The number of piperidine rings is 1. The van der Waals surface area contributed by atoms with E-state index in [0.29, 0.717) is 6.54 Å². The maximum Gasteiger partial charge on any atom is 0.251 e. The van der Waals surface area contributed by atoms with Gasteiger partial charge in [-0.25, -0.2) is 4.98 Å². The first-order valence-corrected chi connectivity index (χ1v) is 10.0. The molecule has 1 saturated carbocycles. The SMILES string of the molecule is O=C(Nc1ccc2c(c1)OC1(CCCC1)O2)[C@H]1CCCN(c2cnccn2)C1. The summed E-state index contributed by atoms with van der Waals surface area (Å²) in [5.74, 6) is 1.79. The number of anilines is 2. The van der Waals surface area contributed by atoms with Crippen LogP contribution in [0.1, 0.15) is 38.5 Å². The molecule has 1 atom stereocenters. The van der Waals surface area contributed by atoms with E-state index in [0.717, 1.165) is 68.1 Å². The van der Waals surface area contributed by atoms with Crippen LogP contribution in [0.25, 0.3) is 0 Å². The van der Waals surface area contributed by atoms with Gasteiger partial charge >= 0.3 is 0 Å². The molecule has 1 amide bonds. The Morgan fingerprint density at radius 2 is 2.00 bits per heavy atom. The van der Waals surface area contributed by atoms with Crippen molar-refractivity contribution in [2.45, 2.75) is 44.3 Å². The average molecular weight is 380 g/mol. The Bertz CT molecular complexity index is 867. The molecular formula is C21H24N4O3. The van der Waals surface area contributed by atoms with Gasteiger partial charge in [0.2, 0.25) is 5.91 Å². The Hall–Kier alpha value is -2.83. The van der Waals surface area contributed by atoms with E-state index in [9.17, 15) is 4.79 Å². The number of hydrogen-bond donors (Lipinski definition) is 1. The minimum absolute atomic E-state index is 0.0306. The predicted octanol–water partition coefficient (Wildman–Crippen LogP) is 3.37. The van der Waals surface area contributed by atoms with E-state index in [1.807, 2.05) is 18.2 Å². The van der Waals surface area contributed by atoms with Crippen molar-refractivity contribution in [2.75, 3.05) is 23.3 Å².